The van der Waals surface area contributed by atoms with Crippen molar-refractivity contribution in [1.29, 1.82) is 0 Å². The first kappa shape index (κ1) is 11.9. The van der Waals surface area contributed by atoms with Crippen LogP contribution in [0.25, 0.3) is 0 Å². The molecule has 1 amide bonds. The first-order valence-corrected chi connectivity index (χ1v) is 5.82. The SMILES string of the molecule is Nc1nc(Cl)cc(NCC(=O)NCC2CC2)n1. The molecule has 1 fully saturated rings. The summed E-state index contributed by atoms with van der Waals surface area (Å²) in [7, 11) is 0. The molecule has 6 nitrogen and oxygen atoms in total. The van der Waals surface area contributed by atoms with Gasteiger partial charge in [0.2, 0.25) is 11.9 Å². The van der Waals surface area contributed by atoms with Crippen LogP contribution in [0.2, 0.25) is 5.15 Å². The molecule has 0 atom stereocenters. The lowest BCUT2D eigenvalue weighted by Crippen LogP contribution is -2.31. The van der Waals surface area contributed by atoms with Crippen LogP contribution in [0.15, 0.2) is 6.07 Å². The zero-order valence-electron chi connectivity index (χ0n) is 9.24. The van der Waals surface area contributed by atoms with E-state index >= 15 is 0 Å². The molecule has 1 aromatic rings. The molecular weight excluding hydrogens is 242 g/mol. The number of nitrogen functional groups attached to an aromatic ring is 1. The molecule has 1 heterocycles. The highest BCUT2D eigenvalue weighted by atomic mass is 35.5. The number of nitrogens with zero attached hydrogens (tertiary/aromatic N) is 2. The van der Waals surface area contributed by atoms with Crippen molar-refractivity contribution in [3.05, 3.63) is 11.2 Å². The number of halogens is 1. The number of hydrogen-bond acceptors (Lipinski definition) is 5. The largest absolute Gasteiger partial charge is 0.368 e. The van der Waals surface area contributed by atoms with Crippen LogP contribution in [-0.2, 0) is 4.79 Å². The van der Waals surface area contributed by atoms with Crippen LogP contribution < -0.4 is 16.4 Å². The van der Waals surface area contributed by atoms with Crippen LogP contribution in [0.5, 0.6) is 0 Å². The highest BCUT2D eigenvalue weighted by molar-refractivity contribution is 6.29. The van der Waals surface area contributed by atoms with Crippen molar-refractivity contribution < 1.29 is 4.79 Å². The first-order valence-electron chi connectivity index (χ1n) is 5.44. The van der Waals surface area contributed by atoms with E-state index in [2.05, 4.69) is 20.6 Å². The number of carbonyl (C=O) groups is 1. The smallest absolute Gasteiger partial charge is 0.239 e. The van der Waals surface area contributed by atoms with Crippen LogP contribution in [0, 0.1) is 5.92 Å². The lowest BCUT2D eigenvalue weighted by molar-refractivity contribution is -0.119. The van der Waals surface area contributed by atoms with Gasteiger partial charge in [0.15, 0.2) is 0 Å². The van der Waals surface area contributed by atoms with Gasteiger partial charge in [-0.05, 0) is 18.8 Å². The van der Waals surface area contributed by atoms with Gasteiger partial charge in [0, 0.05) is 12.6 Å². The van der Waals surface area contributed by atoms with Crippen LogP contribution >= 0.6 is 11.6 Å². The number of amides is 1. The fourth-order valence-corrected chi connectivity index (χ4v) is 1.53. The highest BCUT2D eigenvalue weighted by Gasteiger charge is 2.21. The van der Waals surface area contributed by atoms with E-state index in [-0.39, 0.29) is 23.6 Å². The third-order valence-corrected chi connectivity index (χ3v) is 2.62. The van der Waals surface area contributed by atoms with E-state index in [0.29, 0.717) is 11.7 Å². The molecule has 2 rings (SSSR count). The summed E-state index contributed by atoms with van der Waals surface area (Å²) >= 11 is 5.70. The second-order valence-electron chi connectivity index (χ2n) is 4.04. The minimum Gasteiger partial charge on any atom is -0.368 e. The average molecular weight is 256 g/mol. The maximum atomic E-state index is 11.4. The van der Waals surface area contributed by atoms with Crippen molar-refractivity contribution in [2.24, 2.45) is 5.92 Å². The minimum absolute atomic E-state index is 0.0646. The zero-order valence-corrected chi connectivity index (χ0v) is 10.00. The van der Waals surface area contributed by atoms with Gasteiger partial charge in [0.05, 0.1) is 6.54 Å². The van der Waals surface area contributed by atoms with Gasteiger partial charge < -0.3 is 16.4 Å². The first-order chi connectivity index (χ1) is 8.13. The number of rotatable bonds is 5. The predicted octanol–water partition coefficient (Wildman–Crippen LogP) is 0.650. The molecule has 0 radical (unpaired) electrons. The van der Waals surface area contributed by atoms with Crippen LogP contribution in [0.4, 0.5) is 11.8 Å². The lowest BCUT2D eigenvalue weighted by Gasteiger charge is -2.07. The number of anilines is 2. The predicted molar refractivity (Wildman–Crippen MR) is 65.7 cm³/mol. The summed E-state index contributed by atoms with van der Waals surface area (Å²) in [6.07, 6.45) is 2.43. The van der Waals surface area contributed by atoms with Gasteiger partial charge in [-0.1, -0.05) is 11.6 Å². The summed E-state index contributed by atoms with van der Waals surface area (Å²) < 4.78 is 0. The molecule has 1 saturated carbocycles. The molecule has 1 aliphatic rings. The number of aromatic nitrogens is 2. The Morgan fingerprint density at radius 1 is 1.53 bits per heavy atom. The van der Waals surface area contributed by atoms with Gasteiger partial charge in [-0.15, -0.1) is 0 Å². The molecule has 92 valence electrons. The van der Waals surface area contributed by atoms with E-state index in [4.69, 9.17) is 17.3 Å². The van der Waals surface area contributed by atoms with Gasteiger partial charge in [-0.2, -0.15) is 4.98 Å². The second kappa shape index (κ2) is 5.18. The van der Waals surface area contributed by atoms with Gasteiger partial charge in [-0.3, -0.25) is 4.79 Å². The van der Waals surface area contributed by atoms with Crippen molar-refractivity contribution >= 4 is 29.3 Å². The molecule has 0 unspecified atom stereocenters. The van der Waals surface area contributed by atoms with Gasteiger partial charge in [0.25, 0.3) is 0 Å². The van der Waals surface area contributed by atoms with E-state index in [1.54, 1.807) is 0 Å². The molecule has 0 aliphatic heterocycles. The van der Waals surface area contributed by atoms with Crippen molar-refractivity contribution in [1.82, 2.24) is 15.3 Å². The van der Waals surface area contributed by atoms with Crippen LogP contribution in [0.3, 0.4) is 0 Å². The standard InChI is InChI=1S/C10H14ClN5O/c11-7-3-8(16-10(12)15-7)13-5-9(17)14-4-6-1-2-6/h3,6H,1-2,4-5H2,(H,14,17)(H3,12,13,15,16). The van der Waals surface area contributed by atoms with E-state index in [9.17, 15) is 4.79 Å². The lowest BCUT2D eigenvalue weighted by atomic mass is 10.4. The Balaban J connectivity index is 1.77. The number of nitrogens with two attached hydrogens (primary N) is 1. The van der Waals surface area contributed by atoms with E-state index in [1.165, 1.54) is 18.9 Å². The monoisotopic (exact) mass is 255 g/mol. The number of nitrogens with one attached hydrogen (secondary N) is 2. The van der Waals surface area contributed by atoms with Gasteiger partial charge in [0.1, 0.15) is 11.0 Å². The molecule has 1 aromatic heterocycles. The van der Waals surface area contributed by atoms with Gasteiger partial charge in [-0.25, -0.2) is 4.98 Å². The average Bonchev–Trinajstić information content (AvgIpc) is 3.06. The molecule has 7 heteroatoms. The molecular formula is C10H14ClN5O. The Labute approximate surface area is 104 Å². The third kappa shape index (κ3) is 4.07. The summed E-state index contributed by atoms with van der Waals surface area (Å²) in [6, 6.07) is 1.52. The zero-order chi connectivity index (χ0) is 12.3. The van der Waals surface area contributed by atoms with Crippen molar-refractivity contribution in [3.63, 3.8) is 0 Å². The molecule has 0 spiro atoms. The Kier molecular flexibility index (Phi) is 3.63. The Morgan fingerprint density at radius 2 is 2.29 bits per heavy atom. The van der Waals surface area contributed by atoms with Crippen molar-refractivity contribution in [2.45, 2.75) is 12.8 Å². The Hall–Kier alpha value is -1.56. The summed E-state index contributed by atoms with van der Waals surface area (Å²) in [6.45, 7) is 0.909. The summed E-state index contributed by atoms with van der Waals surface area (Å²) in [5, 5.41) is 5.93. The van der Waals surface area contributed by atoms with Crippen molar-refractivity contribution in [3.8, 4) is 0 Å². The fraction of sp³-hybridized carbons (Fsp3) is 0.500. The number of hydrogen-bond donors (Lipinski definition) is 3. The Bertz CT molecular complexity index is 401. The van der Waals surface area contributed by atoms with E-state index in [0.717, 1.165) is 6.54 Å². The van der Waals surface area contributed by atoms with Gasteiger partial charge >= 0.3 is 0 Å². The van der Waals surface area contributed by atoms with E-state index in [1.807, 2.05) is 0 Å². The molecule has 0 saturated heterocycles. The van der Waals surface area contributed by atoms with Crippen molar-refractivity contribution in [2.75, 3.05) is 24.1 Å². The molecule has 17 heavy (non-hydrogen) atoms. The normalized spacial score (nSPS) is 14.4. The second-order valence-corrected chi connectivity index (χ2v) is 4.42. The quantitative estimate of drug-likeness (QED) is 0.672. The third-order valence-electron chi connectivity index (χ3n) is 2.43. The maximum absolute atomic E-state index is 11.4. The molecule has 0 bridgehead atoms. The summed E-state index contributed by atoms with van der Waals surface area (Å²) in [5.74, 6) is 1.13. The fourth-order valence-electron chi connectivity index (χ4n) is 1.34. The molecule has 4 N–H and O–H groups in total. The summed E-state index contributed by atoms with van der Waals surface area (Å²) in [5.41, 5.74) is 5.43. The number of carbonyl (C=O) groups excluding carboxylic acids is 1. The van der Waals surface area contributed by atoms with Crippen LogP contribution in [-0.4, -0.2) is 29.0 Å². The highest BCUT2D eigenvalue weighted by Crippen LogP contribution is 2.27. The Morgan fingerprint density at radius 3 is 2.94 bits per heavy atom. The molecule has 1 aliphatic carbocycles. The minimum atomic E-state index is -0.0646. The maximum Gasteiger partial charge on any atom is 0.239 e. The van der Waals surface area contributed by atoms with Crippen LogP contribution in [0.1, 0.15) is 12.8 Å². The molecule has 0 aromatic carbocycles. The van der Waals surface area contributed by atoms with E-state index < -0.39 is 0 Å². The topological polar surface area (TPSA) is 92.9 Å². The summed E-state index contributed by atoms with van der Waals surface area (Å²) in [4.78, 5) is 19.1.